The van der Waals surface area contributed by atoms with Crippen LogP contribution < -0.4 is 5.32 Å². The molecule has 3 rings (SSSR count). The summed E-state index contributed by atoms with van der Waals surface area (Å²) in [7, 11) is 0. The zero-order chi connectivity index (χ0) is 14.7. The van der Waals surface area contributed by atoms with Gasteiger partial charge < -0.3 is 15.0 Å². The number of nitrogens with zero attached hydrogens (tertiary/aromatic N) is 1. The van der Waals surface area contributed by atoms with E-state index in [1.165, 1.54) is 11.3 Å². The fourth-order valence-electron chi connectivity index (χ4n) is 3.18. The molecular weight excluding hydrogens is 264 g/mol. The number of aryl methyl sites for hydroxylation is 1. The first-order chi connectivity index (χ1) is 10.3. The molecule has 1 amide bonds. The van der Waals surface area contributed by atoms with E-state index in [4.69, 9.17) is 4.74 Å². The molecule has 4 heteroatoms. The van der Waals surface area contributed by atoms with Gasteiger partial charge in [0.15, 0.2) is 0 Å². The zero-order valence-corrected chi connectivity index (χ0v) is 12.7. The van der Waals surface area contributed by atoms with Gasteiger partial charge in [0, 0.05) is 37.5 Å². The molecule has 2 heterocycles. The average molecular weight is 288 g/mol. The van der Waals surface area contributed by atoms with Crippen LogP contribution in [0.5, 0.6) is 0 Å². The van der Waals surface area contributed by atoms with E-state index >= 15 is 0 Å². The van der Waals surface area contributed by atoms with Gasteiger partial charge in [-0.3, -0.25) is 4.79 Å². The lowest BCUT2D eigenvalue weighted by atomic mass is 10.00. The second-order valence-corrected chi connectivity index (χ2v) is 5.88. The maximum absolute atomic E-state index is 12.7. The van der Waals surface area contributed by atoms with E-state index in [1.807, 2.05) is 24.0 Å². The summed E-state index contributed by atoms with van der Waals surface area (Å²) in [4.78, 5) is 14.6. The summed E-state index contributed by atoms with van der Waals surface area (Å²) in [5.74, 6) is 0.126. The summed E-state index contributed by atoms with van der Waals surface area (Å²) >= 11 is 0. The van der Waals surface area contributed by atoms with Gasteiger partial charge in [0.2, 0.25) is 0 Å². The van der Waals surface area contributed by atoms with Crippen LogP contribution in [0.4, 0.5) is 5.69 Å². The lowest BCUT2D eigenvalue weighted by Gasteiger charge is -2.25. The van der Waals surface area contributed by atoms with Gasteiger partial charge in [0.25, 0.3) is 5.91 Å². The summed E-state index contributed by atoms with van der Waals surface area (Å²) in [6, 6.07) is 6.04. The van der Waals surface area contributed by atoms with Crippen LogP contribution in [0.15, 0.2) is 18.2 Å². The first-order valence-corrected chi connectivity index (χ1v) is 8.05. The van der Waals surface area contributed by atoms with Crippen molar-refractivity contribution < 1.29 is 9.53 Å². The minimum Gasteiger partial charge on any atom is -0.385 e. The molecule has 2 aliphatic heterocycles. The Labute approximate surface area is 126 Å². The third-order valence-corrected chi connectivity index (χ3v) is 4.41. The molecule has 21 heavy (non-hydrogen) atoms. The predicted octanol–water partition coefficient (Wildman–Crippen LogP) is 2.69. The molecule has 1 fully saturated rings. The molecule has 0 spiro atoms. The first-order valence-electron chi connectivity index (χ1n) is 8.05. The van der Waals surface area contributed by atoms with E-state index in [0.717, 1.165) is 50.9 Å². The van der Waals surface area contributed by atoms with Gasteiger partial charge in [-0.25, -0.2) is 0 Å². The number of ether oxygens (including phenoxy) is 1. The summed E-state index contributed by atoms with van der Waals surface area (Å²) in [6.45, 7) is 5.34. The van der Waals surface area contributed by atoms with Crippen LogP contribution in [-0.2, 0) is 11.2 Å². The van der Waals surface area contributed by atoms with E-state index in [-0.39, 0.29) is 12.0 Å². The van der Waals surface area contributed by atoms with Crippen molar-refractivity contribution >= 4 is 11.6 Å². The predicted molar refractivity (Wildman–Crippen MR) is 83.8 cm³/mol. The maximum atomic E-state index is 12.7. The van der Waals surface area contributed by atoms with Gasteiger partial charge in [-0.05, 0) is 56.4 Å². The van der Waals surface area contributed by atoms with Crippen molar-refractivity contribution in [1.82, 2.24) is 4.90 Å². The minimum absolute atomic E-state index is 0.126. The molecule has 1 atom stereocenters. The topological polar surface area (TPSA) is 41.6 Å². The second kappa shape index (κ2) is 6.48. The summed E-state index contributed by atoms with van der Waals surface area (Å²) < 4.78 is 5.66. The first kappa shape index (κ1) is 14.4. The minimum atomic E-state index is 0.126. The van der Waals surface area contributed by atoms with E-state index in [0.29, 0.717) is 6.54 Å². The number of hydrogen-bond donors (Lipinski definition) is 1. The molecule has 1 aromatic rings. The summed E-state index contributed by atoms with van der Waals surface area (Å²) in [5, 5.41) is 3.39. The Morgan fingerprint density at radius 3 is 3.10 bits per heavy atom. The fraction of sp³-hybridized carbons (Fsp3) is 0.588. The number of anilines is 1. The molecule has 1 aromatic carbocycles. The number of carbonyl (C=O) groups is 1. The average Bonchev–Trinajstić information content (AvgIpc) is 3.04. The fourth-order valence-corrected chi connectivity index (χ4v) is 3.18. The standard InChI is InChI=1S/C17H24N2O2/c1-2-19(12-15-6-4-10-21-15)17(20)14-7-8-16-13(11-14)5-3-9-18-16/h7-8,11,15,18H,2-6,9-10,12H2,1H3. The maximum Gasteiger partial charge on any atom is 0.253 e. The Balaban J connectivity index is 1.73. The van der Waals surface area contributed by atoms with E-state index in [2.05, 4.69) is 11.4 Å². The van der Waals surface area contributed by atoms with Crippen LogP contribution in [0.3, 0.4) is 0 Å². The van der Waals surface area contributed by atoms with Crippen LogP contribution >= 0.6 is 0 Å². The highest BCUT2D eigenvalue weighted by atomic mass is 16.5. The molecule has 1 N–H and O–H groups in total. The van der Waals surface area contributed by atoms with Gasteiger partial charge in [-0.2, -0.15) is 0 Å². The number of carbonyl (C=O) groups excluding carboxylic acids is 1. The second-order valence-electron chi connectivity index (χ2n) is 5.88. The van der Waals surface area contributed by atoms with Crippen molar-refractivity contribution in [3.8, 4) is 0 Å². The van der Waals surface area contributed by atoms with Crippen molar-refractivity contribution in [3.63, 3.8) is 0 Å². The lowest BCUT2D eigenvalue weighted by Crippen LogP contribution is -2.37. The van der Waals surface area contributed by atoms with Gasteiger partial charge in [0.05, 0.1) is 6.10 Å². The normalized spacial score (nSPS) is 20.7. The monoisotopic (exact) mass is 288 g/mol. The highest BCUT2D eigenvalue weighted by molar-refractivity contribution is 5.95. The molecule has 1 unspecified atom stereocenters. The van der Waals surface area contributed by atoms with Crippen LogP contribution in [0.2, 0.25) is 0 Å². The van der Waals surface area contributed by atoms with Crippen molar-refractivity contribution in [1.29, 1.82) is 0 Å². The molecule has 0 saturated carbocycles. The quantitative estimate of drug-likeness (QED) is 0.926. The Bertz CT molecular complexity index is 510. The number of hydrogen-bond acceptors (Lipinski definition) is 3. The molecule has 1 saturated heterocycles. The van der Waals surface area contributed by atoms with E-state index in [1.54, 1.807) is 0 Å². The highest BCUT2D eigenvalue weighted by Gasteiger charge is 2.23. The molecule has 0 radical (unpaired) electrons. The Kier molecular flexibility index (Phi) is 4.44. The number of rotatable bonds is 4. The SMILES string of the molecule is CCN(CC1CCCO1)C(=O)c1ccc2c(c1)CCCN2. The van der Waals surface area contributed by atoms with Crippen LogP contribution in [0.25, 0.3) is 0 Å². The van der Waals surface area contributed by atoms with Crippen LogP contribution in [0.1, 0.15) is 42.1 Å². The van der Waals surface area contributed by atoms with Crippen LogP contribution in [0, 0.1) is 0 Å². The summed E-state index contributed by atoms with van der Waals surface area (Å²) in [5.41, 5.74) is 3.25. The Morgan fingerprint density at radius 2 is 2.33 bits per heavy atom. The van der Waals surface area contributed by atoms with E-state index < -0.39 is 0 Å². The number of nitrogens with one attached hydrogen (secondary N) is 1. The van der Waals surface area contributed by atoms with E-state index in [9.17, 15) is 4.79 Å². The Hall–Kier alpha value is -1.55. The number of amides is 1. The number of likely N-dealkylation sites (N-methyl/N-ethyl adjacent to an activating group) is 1. The van der Waals surface area contributed by atoms with Gasteiger partial charge in [-0.15, -0.1) is 0 Å². The molecule has 4 nitrogen and oxygen atoms in total. The Morgan fingerprint density at radius 1 is 1.43 bits per heavy atom. The third-order valence-electron chi connectivity index (χ3n) is 4.41. The van der Waals surface area contributed by atoms with Gasteiger partial charge in [0.1, 0.15) is 0 Å². The largest absolute Gasteiger partial charge is 0.385 e. The molecule has 0 aliphatic carbocycles. The third kappa shape index (κ3) is 3.21. The van der Waals surface area contributed by atoms with Crippen molar-refractivity contribution in [2.75, 3.05) is 31.6 Å². The molecule has 114 valence electrons. The number of benzene rings is 1. The van der Waals surface area contributed by atoms with Gasteiger partial charge in [-0.1, -0.05) is 0 Å². The summed E-state index contributed by atoms with van der Waals surface area (Å²) in [6.07, 6.45) is 4.59. The van der Waals surface area contributed by atoms with Crippen molar-refractivity contribution in [2.45, 2.75) is 38.7 Å². The van der Waals surface area contributed by atoms with Crippen molar-refractivity contribution in [2.24, 2.45) is 0 Å². The lowest BCUT2D eigenvalue weighted by molar-refractivity contribution is 0.0539. The van der Waals surface area contributed by atoms with Gasteiger partial charge >= 0.3 is 0 Å². The number of fused-ring (bicyclic) bond motifs is 1. The molecular formula is C17H24N2O2. The highest BCUT2D eigenvalue weighted by Crippen LogP contribution is 2.24. The van der Waals surface area contributed by atoms with Crippen LogP contribution in [-0.4, -0.2) is 43.2 Å². The molecule has 2 aliphatic rings. The molecule has 0 aromatic heterocycles. The smallest absolute Gasteiger partial charge is 0.253 e. The van der Waals surface area contributed by atoms with Crippen molar-refractivity contribution in [3.05, 3.63) is 29.3 Å². The molecule has 0 bridgehead atoms. The zero-order valence-electron chi connectivity index (χ0n) is 12.7.